The van der Waals surface area contributed by atoms with Gasteiger partial charge in [-0.15, -0.1) is 5.11 Å². The van der Waals surface area contributed by atoms with Gasteiger partial charge < -0.3 is 0 Å². The number of nitrogens with zero attached hydrogens (tertiary/aromatic N) is 4. The van der Waals surface area contributed by atoms with Gasteiger partial charge in [0.15, 0.2) is 11.6 Å². The Kier molecular flexibility index (Phi) is 11.4. The van der Waals surface area contributed by atoms with Crippen LogP contribution in [0.3, 0.4) is 0 Å². The SMILES string of the molecule is CC(C)(C)C1=CC(=CN=Nc2ccc(-c3cc(Br)c(N=NC=C4C=C(C(C)(C)C)C(=O)C(C(C)(C)C)=C4)cc3Br)cc2)C=C(C(C)(C)C)C1=O. The number of benzene rings is 2. The minimum atomic E-state index is -0.292. The lowest BCUT2D eigenvalue weighted by Gasteiger charge is -2.31. The number of hydrogen-bond acceptors (Lipinski definition) is 6. The number of ketones is 2. The predicted molar refractivity (Wildman–Crippen MR) is 213 cm³/mol. The van der Waals surface area contributed by atoms with Crippen LogP contribution in [0.15, 0.2) is 136 Å². The van der Waals surface area contributed by atoms with Gasteiger partial charge in [0.05, 0.1) is 18.1 Å². The highest BCUT2D eigenvalue weighted by atomic mass is 79.9. The van der Waals surface area contributed by atoms with E-state index < -0.39 is 0 Å². The summed E-state index contributed by atoms with van der Waals surface area (Å²) < 4.78 is 1.66. The highest BCUT2D eigenvalue weighted by Gasteiger charge is 2.35. The molecule has 0 unspecified atom stereocenters. The molecule has 2 aromatic carbocycles. The van der Waals surface area contributed by atoms with E-state index in [2.05, 4.69) is 135 Å². The lowest BCUT2D eigenvalue weighted by atomic mass is 9.72. The summed E-state index contributed by atoms with van der Waals surface area (Å²) in [6.45, 7) is 24.6. The molecule has 0 aromatic heterocycles. The van der Waals surface area contributed by atoms with E-state index in [4.69, 9.17) is 0 Å². The van der Waals surface area contributed by atoms with E-state index in [0.29, 0.717) is 11.4 Å². The molecule has 0 bridgehead atoms. The predicted octanol–water partition coefficient (Wildman–Crippen LogP) is 13.9. The smallest absolute Gasteiger partial charge is 0.186 e. The van der Waals surface area contributed by atoms with Gasteiger partial charge >= 0.3 is 0 Å². The molecule has 0 aliphatic heterocycles. The highest BCUT2D eigenvalue weighted by Crippen LogP contribution is 2.41. The minimum absolute atomic E-state index is 0.0900. The van der Waals surface area contributed by atoms with Gasteiger partial charge in [-0.2, -0.15) is 15.3 Å². The Hall–Kier alpha value is -3.62. The molecule has 0 fully saturated rings. The summed E-state index contributed by atoms with van der Waals surface area (Å²) in [4.78, 5) is 26.5. The van der Waals surface area contributed by atoms with E-state index in [1.165, 1.54) is 0 Å². The number of rotatable bonds is 5. The zero-order valence-electron chi connectivity index (χ0n) is 31.3. The molecule has 4 rings (SSSR count). The third kappa shape index (κ3) is 9.38. The third-order valence-electron chi connectivity index (χ3n) is 8.42. The quantitative estimate of drug-likeness (QED) is 0.282. The molecule has 0 spiro atoms. The number of carbonyl (C=O) groups is 2. The lowest BCUT2D eigenvalue weighted by Crippen LogP contribution is -2.27. The second-order valence-electron chi connectivity index (χ2n) is 16.9. The van der Waals surface area contributed by atoms with Crippen LogP contribution >= 0.6 is 31.9 Å². The van der Waals surface area contributed by atoms with Crippen molar-refractivity contribution in [3.8, 4) is 11.1 Å². The van der Waals surface area contributed by atoms with Crippen molar-refractivity contribution in [2.24, 2.45) is 42.1 Å². The second-order valence-corrected chi connectivity index (χ2v) is 18.6. The average Bonchev–Trinajstić information content (AvgIpc) is 2.98. The first-order chi connectivity index (χ1) is 23.0. The van der Waals surface area contributed by atoms with Crippen LogP contribution in [0.1, 0.15) is 83.1 Å². The topological polar surface area (TPSA) is 83.6 Å². The van der Waals surface area contributed by atoms with Crippen LogP contribution in [0.4, 0.5) is 11.4 Å². The molecule has 8 heteroatoms. The minimum Gasteiger partial charge on any atom is -0.289 e. The first-order valence-electron chi connectivity index (χ1n) is 16.8. The van der Waals surface area contributed by atoms with E-state index in [9.17, 15) is 9.59 Å². The third-order valence-corrected chi connectivity index (χ3v) is 9.71. The first-order valence-corrected chi connectivity index (χ1v) is 18.3. The van der Waals surface area contributed by atoms with E-state index in [1.807, 2.05) is 60.7 Å². The van der Waals surface area contributed by atoms with Gasteiger partial charge in [0.25, 0.3) is 0 Å². The van der Waals surface area contributed by atoms with E-state index in [1.54, 1.807) is 12.4 Å². The zero-order chi connectivity index (χ0) is 37.4. The molecule has 0 radical (unpaired) electrons. The lowest BCUT2D eigenvalue weighted by molar-refractivity contribution is -0.114. The van der Waals surface area contributed by atoms with Crippen LogP contribution in [0, 0.1) is 21.7 Å². The van der Waals surface area contributed by atoms with Crippen molar-refractivity contribution in [2.45, 2.75) is 83.1 Å². The Bertz CT molecular complexity index is 1890. The van der Waals surface area contributed by atoms with Gasteiger partial charge in [0.1, 0.15) is 5.69 Å². The van der Waals surface area contributed by atoms with Crippen LogP contribution in [0.25, 0.3) is 11.1 Å². The maximum absolute atomic E-state index is 13.2. The Morgan fingerprint density at radius 1 is 0.520 bits per heavy atom. The number of carbonyl (C=O) groups excluding carboxylic acids is 2. The Balaban J connectivity index is 1.55. The van der Waals surface area contributed by atoms with E-state index >= 15 is 0 Å². The summed E-state index contributed by atoms with van der Waals surface area (Å²) in [6, 6.07) is 11.8. The standard InChI is InChI=1S/C42H48Br2N4O2/c1-39(2,3)30-17-25(18-31(37(30)49)40(4,5)6)23-45-47-28-15-13-27(14-16-28)29-21-35(44)36(22-34(29)43)48-46-24-26-19-32(41(7,8)9)38(50)33(20-26)42(10,11)12/h13-24H,1-12H3. The van der Waals surface area contributed by atoms with E-state index in [-0.39, 0.29) is 33.2 Å². The summed E-state index contributed by atoms with van der Waals surface area (Å²) in [6.07, 6.45) is 11.1. The Morgan fingerprint density at radius 3 is 1.28 bits per heavy atom. The van der Waals surface area contributed by atoms with Gasteiger partial charge in [-0.25, -0.2) is 0 Å². The molecule has 0 heterocycles. The van der Waals surface area contributed by atoms with Crippen LogP contribution in [-0.2, 0) is 9.59 Å². The molecule has 2 aromatic rings. The molecule has 50 heavy (non-hydrogen) atoms. The van der Waals surface area contributed by atoms with Crippen LogP contribution in [0.2, 0.25) is 0 Å². The van der Waals surface area contributed by atoms with Crippen molar-refractivity contribution in [2.75, 3.05) is 0 Å². The fourth-order valence-corrected chi connectivity index (χ4v) is 6.52. The maximum Gasteiger partial charge on any atom is 0.186 e. The van der Waals surface area contributed by atoms with Gasteiger partial charge in [-0.05, 0) is 108 Å². The molecule has 0 atom stereocenters. The fraction of sp³-hybridized carbons (Fsp3) is 0.381. The van der Waals surface area contributed by atoms with Gasteiger partial charge in [-0.3, -0.25) is 9.59 Å². The maximum atomic E-state index is 13.2. The summed E-state index contributed by atoms with van der Waals surface area (Å²) in [5, 5.41) is 17.7. The van der Waals surface area contributed by atoms with Crippen molar-refractivity contribution in [3.05, 3.63) is 115 Å². The summed E-state index contributed by atoms with van der Waals surface area (Å²) in [7, 11) is 0. The summed E-state index contributed by atoms with van der Waals surface area (Å²) >= 11 is 7.39. The van der Waals surface area contributed by atoms with E-state index in [0.717, 1.165) is 53.5 Å². The summed E-state index contributed by atoms with van der Waals surface area (Å²) in [5.74, 6) is 0.186. The van der Waals surface area contributed by atoms with Crippen molar-refractivity contribution in [1.82, 2.24) is 0 Å². The number of hydrogen-bond donors (Lipinski definition) is 0. The highest BCUT2D eigenvalue weighted by molar-refractivity contribution is 9.11. The largest absolute Gasteiger partial charge is 0.289 e. The molecule has 0 N–H and O–H groups in total. The zero-order valence-corrected chi connectivity index (χ0v) is 34.5. The Labute approximate surface area is 314 Å². The number of Topliss-reactive ketones (excluding diaryl/α,β-unsaturated/α-hetero) is 2. The second kappa shape index (κ2) is 14.5. The molecule has 0 amide bonds. The Morgan fingerprint density at radius 2 is 0.900 bits per heavy atom. The monoisotopic (exact) mass is 798 g/mol. The van der Waals surface area contributed by atoms with Crippen molar-refractivity contribution in [3.63, 3.8) is 0 Å². The number of azo groups is 2. The summed E-state index contributed by atoms with van der Waals surface area (Å²) in [5.41, 5.74) is 6.99. The van der Waals surface area contributed by atoms with Crippen molar-refractivity contribution < 1.29 is 9.59 Å². The van der Waals surface area contributed by atoms with Crippen LogP contribution < -0.4 is 0 Å². The molecule has 6 nitrogen and oxygen atoms in total. The van der Waals surface area contributed by atoms with Gasteiger partial charge in [0, 0.05) is 31.2 Å². The van der Waals surface area contributed by atoms with Crippen LogP contribution in [0.5, 0.6) is 0 Å². The molecular weight excluding hydrogens is 752 g/mol. The average molecular weight is 801 g/mol. The first kappa shape index (κ1) is 39.2. The molecule has 0 saturated carbocycles. The molecule has 0 saturated heterocycles. The fourth-order valence-electron chi connectivity index (χ4n) is 5.54. The van der Waals surface area contributed by atoms with Crippen LogP contribution in [-0.4, -0.2) is 11.6 Å². The van der Waals surface area contributed by atoms with Crippen molar-refractivity contribution in [1.29, 1.82) is 0 Å². The number of allylic oxidation sites excluding steroid dienone is 10. The molecule has 2 aliphatic carbocycles. The van der Waals surface area contributed by atoms with Gasteiger partial charge in [-0.1, -0.05) is 111 Å². The number of halogens is 2. The van der Waals surface area contributed by atoms with Gasteiger partial charge in [0.2, 0.25) is 0 Å². The normalized spacial score (nSPS) is 16.5. The molecule has 262 valence electrons. The molecular formula is C42H48Br2N4O2. The molecule has 2 aliphatic rings. The van der Waals surface area contributed by atoms with Crippen molar-refractivity contribution >= 4 is 54.8 Å².